The third-order valence-electron chi connectivity index (χ3n) is 3.26. The van der Waals surface area contributed by atoms with Crippen LogP contribution >= 0.6 is 12.2 Å². The van der Waals surface area contributed by atoms with E-state index in [1.807, 2.05) is 36.4 Å². The minimum Gasteiger partial charge on any atom is -0.389 e. The molecule has 0 fully saturated rings. The number of nitrogens with one attached hydrogen (secondary N) is 1. The van der Waals surface area contributed by atoms with Crippen molar-refractivity contribution < 1.29 is 0 Å². The normalized spacial score (nSPS) is 10.5. The van der Waals surface area contributed by atoms with Gasteiger partial charge >= 0.3 is 0 Å². The number of nitrogens with zero attached hydrogens (tertiary/aromatic N) is 2. The topological polar surface area (TPSA) is 63.8 Å². The Morgan fingerprint density at radius 1 is 1.14 bits per heavy atom. The molecule has 5 heteroatoms. The molecule has 0 aliphatic heterocycles. The molecule has 0 bridgehead atoms. The summed E-state index contributed by atoms with van der Waals surface area (Å²) in [4.78, 5) is 8.76. The summed E-state index contributed by atoms with van der Waals surface area (Å²) in [5, 5.41) is 4.43. The maximum absolute atomic E-state index is 5.82. The lowest BCUT2D eigenvalue weighted by Crippen LogP contribution is -2.14. The molecule has 0 radical (unpaired) electrons. The van der Waals surface area contributed by atoms with E-state index in [-0.39, 0.29) is 0 Å². The van der Waals surface area contributed by atoms with Crippen molar-refractivity contribution in [2.45, 2.75) is 6.54 Å². The van der Waals surface area contributed by atoms with E-state index in [0.717, 1.165) is 27.7 Å². The largest absolute Gasteiger partial charge is 0.389 e. The lowest BCUT2D eigenvalue weighted by Gasteiger charge is -2.14. The van der Waals surface area contributed by atoms with Crippen LogP contribution in [0.5, 0.6) is 0 Å². The molecule has 4 nitrogen and oxygen atoms in total. The summed E-state index contributed by atoms with van der Waals surface area (Å²) >= 11 is 5.13. The lowest BCUT2D eigenvalue weighted by atomic mass is 10.1. The van der Waals surface area contributed by atoms with E-state index >= 15 is 0 Å². The van der Waals surface area contributed by atoms with Crippen LogP contribution in [0.15, 0.2) is 55.0 Å². The smallest absolute Gasteiger partial charge is 0.107 e. The zero-order valence-electron chi connectivity index (χ0n) is 11.3. The first-order valence-corrected chi connectivity index (χ1v) is 6.97. The van der Waals surface area contributed by atoms with Crippen molar-refractivity contribution >= 4 is 33.8 Å². The van der Waals surface area contributed by atoms with E-state index in [9.17, 15) is 0 Å². The third kappa shape index (κ3) is 2.83. The van der Waals surface area contributed by atoms with Crippen molar-refractivity contribution in [3.8, 4) is 0 Å². The Balaban J connectivity index is 2.02. The fourth-order valence-corrected chi connectivity index (χ4v) is 2.36. The summed E-state index contributed by atoms with van der Waals surface area (Å²) in [7, 11) is 0. The second-order valence-corrected chi connectivity index (χ2v) is 5.08. The molecule has 0 saturated heterocycles. The number of rotatable bonds is 4. The molecular weight excluding hydrogens is 280 g/mol. The van der Waals surface area contributed by atoms with Crippen molar-refractivity contribution in [1.29, 1.82) is 0 Å². The van der Waals surface area contributed by atoms with Crippen LogP contribution in [0.3, 0.4) is 0 Å². The first kappa shape index (κ1) is 13.5. The molecule has 0 spiro atoms. The van der Waals surface area contributed by atoms with Gasteiger partial charge in [-0.2, -0.15) is 0 Å². The first-order valence-electron chi connectivity index (χ1n) is 6.56. The van der Waals surface area contributed by atoms with E-state index in [1.165, 1.54) is 0 Å². The van der Waals surface area contributed by atoms with Crippen LogP contribution in [0.25, 0.3) is 10.9 Å². The second kappa shape index (κ2) is 5.85. The number of nitrogens with two attached hydrogens (primary N) is 1. The Labute approximate surface area is 128 Å². The minimum absolute atomic E-state index is 0.338. The fourth-order valence-electron chi connectivity index (χ4n) is 2.21. The van der Waals surface area contributed by atoms with E-state index in [2.05, 4.69) is 15.3 Å². The zero-order valence-corrected chi connectivity index (χ0v) is 12.1. The molecule has 1 aromatic carbocycles. The van der Waals surface area contributed by atoms with Crippen LogP contribution in [-0.2, 0) is 6.54 Å². The average molecular weight is 294 g/mol. The average Bonchev–Trinajstić information content (AvgIpc) is 2.53. The van der Waals surface area contributed by atoms with Gasteiger partial charge in [-0.1, -0.05) is 30.4 Å². The first-order chi connectivity index (χ1) is 10.3. The van der Waals surface area contributed by atoms with Crippen LogP contribution in [-0.4, -0.2) is 15.0 Å². The van der Waals surface area contributed by atoms with Crippen molar-refractivity contribution in [1.82, 2.24) is 9.97 Å². The van der Waals surface area contributed by atoms with Gasteiger partial charge < -0.3 is 11.1 Å². The number of pyridine rings is 2. The van der Waals surface area contributed by atoms with Gasteiger partial charge in [0.25, 0.3) is 0 Å². The molecule has 0 aliphatic carbocycles. The second-order valence-electron chi connectivity index (χ2n) is 4.64. The highest BCUT2D eigenvalue weighted by molar-refractivity contribution is 7.80. The molecule has 0 unspecified atom stereocenters. The monoisotopic (exact) mass is 294 g/mol. The van der Waals surface area contributed by atoms with Gasteiger partial charge in [-0.15, -0.1) is 0 Å². The number of aromatic nitrogens is 2. The van der Waals surface area contributed by atoms with E-state index < -0.39 is 0 Å². The van der Waals surface area contributed by atoms with Gasteiger partial charge in [0.15, 0.2) is 0 Å². The van der Waals surface area contributed by atoms with Gasteiger partial charge in [-0.3, -0.25) is 9.97 Å². The molecule has 3 N–H and O–H groups in total. The Bertz CT molecular complexity index is 787. The molecule has 104 valence electrons. The highest BCUT2D eigenvalue weighted by Crippen LogP contribution is 2.26. The zero-order chi connectivity index (χ0) is 14.7. The van der Waals surface area contributed by atoms with E-state index in [0.29, 0.717) is 11.5 Å². The quantitative estimate of drug-likeness (QED) is 0.724. The van der Waals surface area contributed by atoms with Crippen LogP contribution in [0, 0.1) is 0 Å². The van der Waals surface area contributed by atoms with Crippen molar-refractivity contribution in [2.75, 3.05) is 5.32 Å². The maximum atomic E-state index is 5.82. The number of anilines is 1. The fraction of sp³-hybridized carbons (Fsp3) is 0.0625. The lowest BCUT2D eigenvalue weighted by molar-refractivity contribution is 1.13. The summed E-state index contributed by atoms with van der Waals surface area (Å²) < 4.78 is 0. The van der Waals surface area contributed by atoms with Crippen LogP contribution in [0.2, 0.25) is 0 Å². The summed E-state index contributed by atoms with van der Waals surface area (Å²) in [5.41, 5.74) is 9.55. The summed E-state index contributed by atoms with van der Waals surface area (Å²) in [6.45, 7) is 0.673. The number of fused-ring (bicyclic) bond motifs is 1. The SMILES string of the molecule is NC(=S)c1cnc2ccccc2c1NCc1ccncc1. The number of hydrogen-bond acceptors (Lipinski definition) is 4. The van der Waals surface area contributed by atoms with E-state index in [4.69, 9.17) is 18.0 Å². The van der Waals surface area contributed by atoms with Crippen LogP contribution in [0.4, 0.5) is 5.69 Å². The van der Waals surface area contributed by atoms with Gasteiger partial charge in [-0.05, 0) is 23.8 Å². The van der Waals surface area contributed by atoms with Gasteiger partial charge in [0.2, 0.25) is 0 Å². The number of thiocarbonyl (C=S) groups is 1. The summed E-state index contributed by atoms with van der Waals surface area (Å²) in [6.07, 6.45) is 5.27. The Morgan fingerprint density at radius 3 is 2.67 bits per heavy atom. The van der Waals surface area contributed by atoms with Crippen molar-refractivity contribution in [2.24, 2.45) is 5.73 Å². The predicted molar refractivity (Wildman–Crippen MR) is 89.2 cm³/mol. The number of para-hydroxylation sites is 1. The molecule has 3 rings (SSSR count). The molecular formula is C16H14N4S. The van der Waals surface area contributed by atoms with E-state index in [1.54, 1.807) is 18.6 Å². The molecule has 0 atom stereocenters. The highest BCUT2D eigenvalue weighted by atomic mass is 32.1. The Morgan fingerprint density at radius 2 is 1.90 bits per heavy atom. The van der Waals surface area contributed by atoms with Crippen molar-refractivity contribution in [3.05, 3.63) is 66.1 Å². The number of benzene rings is 1. The molecule has 3 aromatic rings. The van der Waals surface area contributed by atoms with Crippen LogP contribution in [0.1, 0.15) is 11.1 Å². The molecule has 0 aliphatic rings. The standard InChI is InChI=1S/C16H14N4S/c17-16(21)13-10-19-14-4-2-1-3-12(14)15(13)20-9-11-5-7-18-8-6-11/h1-8,10H,9H2,(H2,17,21)(H,19,20). The van der Waals surface area contributed by atoms with Gasteiger partial charge in [-0.25, -0.2) is 0 Å². The maximum Gasteiger partial charge on any atom is 0.107 e. The van der Waals surface area contributed by atoms with Crippen molar-refractivity contribution in [3.63, 3.8) is 0 Å². The number of hydrogen-bond donors (Lipinski definition) is 2. The summed E-state index contributed by atoms with van der Waals surface area (Å²) in [5.74, 6) is 0. The third-order valence-corrected chi connectivity index (χ3v) is 3.48. The Hall–Kier alpha value is -2.53. The Kier molecular flexibility index (Phi) is 3.75. The van der Waals surface area contributed by atoms with Gasteiger partial charge in [0.05, 0.1) is 16.8 Å². The van der Waals surface area contributed by atoms with Crippen LogP contribution < -0.4 is 11.1 Å². The molecule has 21 heavy (non-hydrogen) atoms. The molecule has 2 heterocycles. The van der Waals surface area contributed by atoms with Gasteiger partial charge in [0, 0.05) is 30.5 Å². The predicted octanol–water partition coefficient (Wildman–Crippen LogP) is 2.88. The molecule has 0 amide bonds. The molecule has 0 saturated carbocycles. The highest BCUT2D eigenvalue weighted by Gasteiger charge is 2.10. The minimum atomic E-state index is 0.338. The summed E-state index contributed by atoms with van der Waals surface area (Å²) in [6, 6.07) is 11.9. The van der Waals surface area contributed by atoms with Gasteiger partial charge in [0.1, 0.15) is 4.99 Å². The molecule has 2 aromatic heterocycles.